The number of furan rings is 1. The summed E-state index contributed by atoms with van der Waals surface area (Å²) in [6.45, 7) is 10.2. The van der Waals surface area contributed by atoms with Gasteiger partial charge in [0, 0.05) is 24.2 Å². The van der Waals surface area contributed by atoms with Crippen LogP contribution in [0.2, 0.25) is 0 Å². The molecule has 4 heterocycles. The van der Waals surface area contributed by atoms with Crippen molar-refractivity contribution in [3.8, 4) is 0 Å². The lowest BCUT2D eigenvalue weighted by Crippen LogP contribution is -2.41. The number of H-pyrrole nitrogens is 1. The van der Waals surface area contributed by atoms with E-state index in [0.29, 0.717) is 24.5 Å². The number of aryl methyl sites for hydroxylation is 1. The van der Waals surface area contributed by atoms with Crippen LogP contribution in [0.15, 0.2) is 51.9 Å². The summed E-state index contributed by atoms with van der Waals surface area (Å²) in [6.07, 6.45) is 4.56. The summed E-state index contributed by atoms with van der Waals surface area (Å²) in [5, 5.41) is 13.9. The van der Waals surface area contributed by atoms with E-state index in [9.17, 15) is 4.79 Å². The minimum absolute atomic E-state index is 0.0627. The van der Waals surface area contributed by atoms with Crippen LogP contribution in [-0.2, 0) is 16.8 Å². The number of aromatic nitrogens is 5. The van der Waals surface area contributed by atoms with Gasteiger partial charge in [-0.3, -0.25) is 9.69 Å². The van der Waals surface area contributed by atoms with Crippen molar-refractivity contribution in [3.05, 3.63) is 75.7 Å². The van der Waals surface area contributed by atoms with Crippen LogP contribution < -0.4 is 5.56 Å². The summed E-state index contributed by atoms with van der Waals surface area (Å²) in [5.41, 5.74) is 2.04. The normalized spacial score (nSPS) is 17.3. The average molecular weight is 491 g/mol. The first-order chi connectivity index (χ1) is 17.4. The molecule has 1 fully saturated rings. The fourth-order valence-electron chi connectivity index (χ4n) is 4.90. The number of aromatic amines is 1. The number of hydrogen-bond acceptors (Lipinski definition) is 7. The number of benzene rings is 1. The van der Waals surface area contributed by atoms with Gasteiger partial charge in [0.05, 0.1) is 24.5 Å². The monoisotopic (exact) mass is 490 g/mol. The van der Waals surface area contributed by atoms with Crippen LogP contribution in [0.25, 0.3) is 10.9 Å². The molecular weight excluding hydrogens is 456 g/mol. The minimum atomic E-state index is -0.506. The molecule has 9 nitrogen and oxygen atoms in total. The largest absolute Gasteiger partial charge is 0.468 e. The van der Waals surface area contributed by atoms with Crippen LogP contribution in [0.4, 0.5) is 0 Å². The van der Waals surface area contributed by atoms with Gasteiger partial charge in [-0.1, -0.05) is 18.6 Å². The summed E-state index contributed by atoms with van der Waals surface area (Å²) in [7, 11) is 0. The standard InChI is InChI=1S/C27H34N6O3/c1-5-27(3,4)33-25(29-30-31-33)24(22-15-19-14-18(2)10-11-23(19)28-26(22)34)32(16-20-8-6-12-35-20)17-21-9-7-13-36-21/h6,8,10-12,14-15,21,24H,5,7,9,13,16-17H2,1-4H3,(H,28,34)/t21-,24+/m0/s1. The highest BCUT2D eigenvalue weighted by atomic mass is 16.5. The van der Waals surface area contributed by atoms with Gasteiger partial charge in [-0.05, 0) is 86.2 Å². The Labute approximate surface area is 210 Å². The van der Waals surface area contributed by atoms with Gasteiger partial charge < -0.3 is 14.1 Å². The third-order valence-electron chi connectivity index (χ3n) is 7.27. The van der Waals surface area contributed by atoms with Gasteiger partial charge in [-0.2, -0.15) is 0 Å². The Balaban J connectivity index is 1.70. The molecule has 1 aliphatic rings. The number of nitrogens with one attached hydrogen (secondary N) is 1. The summed E-state index contributed by atoms with van der Waals surface area (Å²) in [6, 6.07) is 11.3. The Bertz CT molecular complexity index is 1370. The van der Waals surface area contributed by atoms with E-state index in [1.807, 2.05) is 41.9 Å². The van der Waals surface area contributed by atoms with E-state index in [4.69, 9.17) is 9.15 Å². The molecule has 1 saturated heterocycles. The maximum Gasteiger partial charge on any atom is 0.253 e. The van der Waals surface area contributed by atoms with Crippen molar-refractivity contribution in [1.82, 2.24) is 30.1 Å². The van der Waals surface area contributed by atoms with E-state index >= 15 is 0 Å². The highest BCUT2D eigenvalue weighted by Gasteiger charge is 2.36. The molecule has 2 atom stereocenters. The fraction of sp³-hybridized carbons (Fsp3) is 0.481. The van der Waals surface area contributed by atoms with Crippen molar-refractivity contribution in [2.45, 2.75) is 71.2 Å². The number of nitrogens with zero attached hydrogens (tertiary/aromatic N) is 5. The highest BCUT2D eigenvalue weighted by Crippen LogP contribution is 2.33. The summed E-state index contributed by atoms with van der Waals surface area (Å²) >= 11 is 0. The predicted octanol–water partition coefficient (Wildman–Crippen LogP) is 4.33. The molecule has 4 aromatic rings. The van der Waals surface area contributed by atoms with Crippen LogP contribution in [0.1, 0.15) is 68.8 Å². The topological polar surface area (TPSA) is 102 Å². The molecule has 36 heavy (non-hydrogen) atoms. The van der Waals surface area contributed by atoms with Gasteiger partial charge in [-0.15, -0.1) is 5.10 Å². The average Bonchev–Trinajstić information content (AvgIpc) is 3.63. The molecule has 0 aliphatic carbocycles. The van der Waals surface area contributed by atoms with Crippen molar-refractivity contribution in [2.75, 3.05) is 13.2 Å². The van der Waals surface area contributed by atoms with Gasteiger partial charge in [-0.25, -0.2) is 4.68 Å². The van der Waals surface area contributed by atoms with Crippen molar-refractivity contribution >= 4 is 10.9 Å². The molecule has 0 saturated carbocycles. The molecule has 1 aliphatic heterocycles. The third-order valence-corrected chi connectivity index (χ3v) is 7.27. The quantitative estimate of drug-likeness (QED) is 0.372. The Morgan fingerprint density at radius 3 is 2.86 bits per heavy atom. The van der Waals surface area contributed by atoms with Crippen molar-refractivity contribution in [1.29, 1.82) is 0 Å². The number of ether oxygens (including phenoxy) is 1. The molecule has 0 unspecified atom stereocenters. The van der Waals surface area contributed by atoms with Gasteiger partial charge >= 0.3 is 0 Å². The second-order valence-electron chi connectivity index (χ2n) is 10.3. The molecule has 0 spiro atoms. The lowest BCUT2D eigenvalue weighted by molar-refractivity contribution is 0.0534. The molecule has 0 bridgehead atoms. The van der Waals surface area contributed by atoms with Crippen LogP contribution in [0.3, 0.4) is 0 Å². The number of hydrogen-bond donors (Lipinski definition) is 1. The number of tetrazole rings is 1. The molecular formula is C27H34N6O3. The number of fused-ring (bicyclic) bond motifs is 1. The molecule has 1 aromatic carbocycles. The lowest BCUT2D eigenvalue weighted by Gasteiger charge is -2.34. The van der Waals surface area contributed by atoms with Crippen LogP contribution in [0, 0.1) is 6.92 Å². The smallest absolute Gasteiger partial charge is 0.253 e. The van der Waals surface area contributed by atoms with Gasteiger partial charge in [0.2, 0.25) is 0 Å². The van der Waals surface area contributed by atoms with E-state index in [1.54, 1.807) is 6.26 Å². The van der Waals surface area contributed by atoms with Crippen LogP contribution in [0.5, 0.6) is 0 Å². The van der Waals surface area contributed by atoms with Crippen molar-refractivity contribution < 1.29 is 9.15 Å². The second-order valence-corrected chi connectivity index (χ2v) is 10.3. The Hall–Kier alpha value is -3.30. The van der Waals surface area contributed by atoms with Crippen LogP contribution in [-0.4, -0.2) is 49.3 Å². The molecule has 5 rings (SSSR count). The third kappa shape index (κ3) is 4.85. The lowest BCUT2D eigenvalue weighted by atomic mass is 9.98. The van der Waals surface area contributed by atoms with Gasteiger partial charge in [0.1, 0.15) is 11.8 Å². The molecule has 0 amide bonds. The van der Waals surface area contributed by atoms with Gasteiger partial charge in [0.25, 0.3) is 5.56 Å². The Morgan fingerprint density at radius 1 is 1.28 bits per heavy atom. The second kappa shape index (κ2) is 9.99. The first-order valence-corrected chi connectivity index (χ1v) is 12.7. The van der Waals surface area contributed by atoms with E-state index < -0.39 is 6.04 Å². The summed E-state index contributed by atoms with van der Waals surface area (Å²) in [4.78, 5) is 18.9. The molecule has 9 heteroatoms. The number of pyridine rings is 1. The zero-order valence-electron chi connectivity index (χ0n) is 21.4. The van der Waals surface area contributed by atoms with E-state index in [2.05, 4.69) is 52.2 Å². The molecule has 1 N–H and O–H groups in total. The molecule has 190 valence electrons. The zero-order valence-corrected chi connectivity index (χ0v) is 21.4. The van der Waals surface area contributed by atoms with Crippen molar-refractivity contribution in [2.24, 2.45) is 0 Å². The van der Waals surface area contributed by atoms with Crippen LogP contribution >= 0.6 is 0 Å². The maximum atomic E-state index is 13.6. The Morgan fingerprint density at radius 2 is 2.14 bits per heavy atom. The van der Waals surface area contributed by atoms with E-state index in [-0.39, 0.29) is 17.2 Å². The first-order valence-electron chi connectivity index (χ1n) is 12.7. The summed E-state index contributed by atoms with van der Waals surface area (Å²) in [5.74, 6) is 1.43. The Kier molecular flexibility index (Phi) is 6.77. The highest BCUT2D eigenvalue weighted by molar-refractivity contribution is 5.79. The predicted molar refractivity (Wildman–Crippen MR) is 137 cm³/mol. The fourth-order valence-corrected chi connectivity index (χ4v) is 4.90. The zero-order chi connectivity index (χ0) is 25.3. The van der Waals surface area contributed by atoms with Gasteiger partial charge in [0.15, 0.2) is 5.82 Å². The first kappa shape index (κ1) is 24.4. The summed E-state index contributed by atoms with van der Waals surface area (Å²) < 4.78 is 13.6. The molecule has 3 aromatic heterocycles. The minimum Gasteiger partial charge on any atom is -0.468 e. The van der Waals surface area contributed by atoms with Crippen molar-refractivity contribution in [3.63, 3.8) is 0 Å². The number of rotatable bonds is 9. The SMILES string of the molecule is CCC(C)(C)n1nnnc1[C@@H](c1cc2cc(C)ccc2[nH]c1=O)N(Cc1ccco1)C[C@@H]1CCCO1. The maximum absolute atomic E-state index is 13.6. The van der Waals surface area contributed by atoms with E-state index in [1.165, 1.54) is 0 Å². The molecule has 0 radical (unpaired) electrons. The van der Waals surface area contributed by atoms with E-state index in [0.717, 1.165) is 48.1 Å².